The zero-order valence-electron chi connectivity index (χ0n) is 10.1. The molecule has 4 N–H and O–H groups in total. The van der Waals surface area contributed by atoms with Gasteiger partial charge in [-0.05, 0) is 0 Å². The third-order valence-corrected chi connectivity index (χ3v) is 2.54. The molecule has 8 heteroatoms. The minimum atomic E-state index is -1.49. The predicted molar refractivity (Wildman–Crippen MR) is 57.1 cm³/mol. The number of amides is 1. The molecule has 1 rings (SSSR count). The summed E-state index contributed by atoms with van der Waals surface area (Å²) >= 11 is 0. The van der Waals surface area contributed by atoms with Crippen molar-refractivity contribution in [2.45, 2.75) is 44.5 Å². The Kier molecular flexibility index (Phi) is 5.03. The molecule has 8 nitrogen and oxygen atoms in total. The third-order valence-electron chi connectivity index (χ3n) is 2.54. The highest BCUT2D eigenvalue weighted by atomic mass is 16.6. The van der Waals surface area contributed by atoms with Crippen LogP contribution in [0, 0.1) is 0 Å². The summed E-state index contributed by atoms with van der Waals surface area (Å²) in [5, 5.41) is 30.8. The normalized spacial score (nSPS) is 35.9. The molecule has 0 radical (unpaired) electrons. The van der Waals surface area contributed by atoms with Crippen molar-refractivity contribution < 1.29 is 34.4 Å². The highest BCUT2D eigenvalue weighted by molar-refractivity contribution is 5.73. The number of aliphatic hydroxyl groups excluding tert-OH is 3. The van der Waals surface area contributed by atoms with Gasteiger partial charge in [-0.15, -0.1) is 0 Å². The Hall–Kier alpha value is -1.22. The van der Waals surface area contributed by atoms with Gasteiger partial charge in [0.25, 0.3) is 0 Å². The zero-order chi connectivity index (χ0) is 13.9. The Morgan fingerprint density at radius 1 is 1.33 bits per heavy atom. The summed E-state index contributed by atoms with van der Waals surface area (Å²) in [5.41, 5.74) is 0. The van der Waals surface area contributed by atoms with Gasteiger partial charge in [-0.3, -0.25) is 9.59 Å². The van der Waals surface area contributed by atoms with E-state index in [0.29, 0.717) is 0 Å². The Balaban J connectivity index is 2.89. The average molecular weight is 263 g/mol. The third kappa shape index (κ3) is 3.39. The highest BCUT2D eigenvalue weighted by Crippen LogP contribution is 2.22. The second kappa shape index (κ2) is 6.10. The lowest BCUT2D eigenvalue weighted by molar-refractivity contribution is -0.258. The molecule has 0 unspecified atom stereocenters. The molecule has 0 saturated carbocycles. The lowest BCUT2D eigenvalue weighted by Crippen LogP contribution is -2.65. The van der Waals surface area contributed by atoms with E-state index in [-0.39, 0.29) is 0 Å². The molecule has 0 bridgehead atoms. The van der Waals surface area contributed by atoms with Crippen molar-refractivity contribution in [2.24, 2.45) is 0 Å². The van der Waals surface area contributed by atoms with Gasteiger partial charge in [0.15, 0.2) is 12.4 Å². The Labute approximate surface area is 104 Å². The fraction of sp³-hybridized carbons (Fsp3) is 0.800. The standard InChI is InChI=1S/C10H17NO7/c1-4(13)11-7-9(17-5(2)14)8(15)6(3-12)18-10(7)16/h6-10,12,15-16H,3H2,1-2H3,(H,11,13)/t6-,7+,8-,9+,10-/m1/s1. The fourth-order valence-corrected chi connectivity index (χ4v) is 1.80. The van der Waals surface area contributed by atoms with Gasteiger partial charge < -0.3 is 30.1 Å². The molecule has 1 fully saturated rings. The van der Waals surface area contributed by atoms with Gasteiger partial charge in [0.05, 0.1) is 6.61 Å². The van der Waals surface area contributed by atoms with Crippen LogP contribution in [-0.4, -0.2) is 64.4 Å². The molecule has 1 aliphatic rings. The molecule has 1 saturated heterocycles. The van der Waals surface area contributed by atoms with Gasteiger partial charge >= 0.3 is 5.97 Å². The highest BCUT2D eigenvalue weighted by Gasteiger charge is 2.46. The number of aliphatic hydroxyl groups is 3. The van der Waals surface area contributed by atoms with E-state index in [2.05, 4.69) is 5.32 Å². The Bertz CT molecular complexity index is 321. The van der Waals surface area contributed by atoms with E-state index < -0.39 is 49.1 Å². The smallest absolute Gasteiger partial charge is 0.303 e. The van der Waals surface area contributed by atoms with E-state index in [1.165, 1.54) is 6.92 Å². The minimum absolute atomic E-state index is 0.477. The first kappa shape index (κ1) is 14.8. The van der Waals surface area contributed by atoms with Crippen LogP contribution in [0.1, 0.15) is 13.8 Å². The maximum Gasteiger partial charge on any atom is 0.303 e. The summed E-state index contributed by atoms with van der Waals surface area (Å²) in [4.78, 5) is 22.0. The first-order chi connectivity index (χ1) is 8.36. The zero-order valence-corrected chi connectivity index (χ0v) is 10.1. The van der Waals surface area contributed by atoms with Crippen LogP contribution in [0.25, 0.3) is 0 Å². The number of rotatable bonds is 3. The molecule has 0 spiro atoms. The summed E-state index contributed by atoms with van der Waals surface area (Å²) in [6.07, 6.45) is -5.11. The van der Waals surface area contributed by atoms with Crippen molar-refractivity contribution in [3.05, 3.63) is 0 Å². The summed E-state index contributed by atoms with van der Waals surface area (Å²) in [7, 11) is 0. The Morgan fingerprint density at radius 3 is 2.39 bits per heavy atom. The first-order valence-electron chi connectivity index (χ1n) is 5.43. The molecular formula is C10H17NO7. The fourth-order valence-electron chi connectivity index (χ4n) is 1.80. The van der Waals surface area contributed by atoms with E-state index in [1.807, 2.05) is 0 Å². The molecule has 18 heavy (non-hydrogen) atoms. The maximum absolute atomic E-state index is 11.0. The number of ether oxygens (including phenoxy) is 2. The molecule has 0 aromatic heterocycles. The number of esters is 1. The van der Waals surface area contributed by atoms with Crippen LogP contribution in [0.5, 0.6) is 0 Å². The van der Waals surface area contributed by atoms with Crippen molar-refractivity contribution in [1.29, 1.82) is 0 Å². The lowest BCUT2D eigenvalue weighted by atomic mass is 9.96. The van der Waals surface area contributed by atoms with Crippen LogP contribution in [-0.2, 0) is 19.1 Å². The van der Waals surface area contributed by atoms with Crippen molar-refractivity contribution in [3.8, 4) is 0 Å². The summed E-state index contributed by atoms with van der Waals surface area (Å²) in [6.45, 7) is 1.79. The topological polar surface area (TPSA) is 125 Å². The van der Waals surface area contributed by atoms with Crippen LogP contribution in [0.3, 0.4) is 0 Å². The number of carbonyl (C=O) groups is 2. The van der Waals surface area contributed by atoms with Gasteiger partial charge in [0, 0.05) is 13.8 Å². The van der Waals surface area contributed by atoms with E-state index in [4.69, 9.17) is 14.6 Å². The van der Waals surface area contributed by atoms with Crippen LogP contribution in [0.15, 0.2) is 0 Å². The van der Waals surface area contributed by atoms with Gasteiger partial charge in [-0.2, -0.15) is 0 Å². The van der Waals surface area contributed by atoms with E-state index in [0.717, 1.165) is 6.92 Å². The van der Waals surface area contributed by atoms with Crippen molar-refractivity contribution in [2.75, 3.05) is 6.61 Å². The number of hydrogen-bond acceptors (Lipinski definition) is 7. The van der Waals surface area contributed by atoms with Crippen LogP contribution >= 0.6 is 0 Å². The second-order valence-electron chi connectivity index (χ2n) is 4.04. The number of nitrogens with one attached hydrogen (secondary N) is 1. The molecule has 0 aromatic carbocycles. The maximum atomic E-state index is 11.0. The quantitative estimate of drug-likeness (QED) is 0.414. The Morgan fingerprint density at radius 2 is 1.94 bits per heavy atom. The largest absolute Gasteiger partial charge is 0.457 e. The van der Waals surface area contributed by atoms with Gasteiger partial charge in [-0.25, -0.2) is 0 Å². The molecule has 0 aliphatic carbocycles. The predicted octanol–water partition coefficient (Wildman–Crippen LogP) is -2.51. The SMILES string of the molecule is CC(=O)N[C@H]1[C@H](OC(C)=O)[C@H](O)[C@@H](CO)O[C@H]1O. The summed E-state index contributed by atoms with van der Waals surface area (Å²) < 4.78 is 9.79. The number of hydrogen-bond donors (Lipinski definition) is 4. The molecule has 1 amide bonds. The minimum Gasteiger partial charge on any atom is -0.457 e. The summed E-state index contributed by atoms with van der Waals surface area (Å²) in [5.74, 6) is -1.16. The van der Waals surface area contributed by atoms with Crippen LogP contribution in [0.2, 0.25) is 0 Å². The monoisotopic (exact) mass is 263 g/mol. The summed E-state index contributed by atoms with van der Waals surface area (Å²) in [6, 6.07) is -1.09. The first-order valence-corrected chi connectivity index (χ1v) is 5.43. The average Bonchev–Trinajstić information content (AvgIpc) is 2.27. The van der Waals surface area contributed by atoms with Crippen molar-refractivity contribution in [3.63, 3.8) is 0 Å². The molecule has 5 atom stereocenters. The van der Waals surface area contributed by atoms with E-state index in [9.17, 15) is 19.8 Å². The molecular weight excluding hydrogens is 246 g/mol. The van der Waals surface area contributed by atoms with E-state index in [1.54, 1.807) is 0 Å². The molecule has 104 valence electrons. The van der Waals surface area contributed by atoms with Gasteiger partial charge in [0.2, 0.25) is 5.91 Å². The van der Waals surface area contributed by atoms with Crippen molar-refractivity contribution >= 4 is 11.9 Å². The van der Waals surface area contributed by atoms with E-state index >= 15 is 0 Å². The van der Waals surface area contributed by atoms with Crippen LogP contribution in [0.4, 0.5) is 0 Å². The molecule has 0 aromatic rings. The second-order valence-corrected chi connectivity index (χ2v) is 4.04. The van der Waals surface area contributed by atoms with Gasteiger partial charge in [0.1, 0.15) is 18.2 Å². The molecule has 1 heterocycles. The van der Waals surface area contributed by atoms with Crippen molar-refractivity contribution in [1.82, 2.24) is 5.32 Å². The number of carbonyl (C=O) groups excluding carboxylic acids is 2. The lowest BCUT2D eigenvalue weighted by Gasteiger charge is -2.41. The molecule has 1 aliphatic heterocycles. The van der Waals surface area contributed by atoms with Gasteiger partial charge in [-0.1, -0.05) is 0 Å². The van der Waals surface area contributed by atoms with Crippen LogP contribution < -0.4 is 5.32 Å².